The fourth-order valence-corrected chi connectivity index (χ4v) is 2.20. The zero-order chi connectivity index (χ0) is 15.2. The number of methoxy groups -OCH3 is 1. The van der Waals surface area contributed by atoms with Crippen LogP contribution in [0.25, 0.3) is 0 Å². The number of benzene rings is 1. The van der Waals surface area contributed by atoms with E-state index in [1.54, 1.807) is 24.3 Å². The molecule has 8 heteroatoms. The third-order valence-electron chi connectivity index (χ3n) is 2.38. The number of rotatable bonds is 4. The Balaban J connectivity index is 1.93. The number of hydrogen-bond donors (Lipinski definition) is 2. The van der Waals surface area contributed by atoms with E-state index in [1.807, 2.05) is 28.7 Å². The van der Waals surface area contributed by atoms with Gasteiger partial charge in [-0.25, -0.2) is 10.2 Å². The van der Waals surface area contributed by atoms with Gasteiger partial charge in [0.2, 0.25) is 0 Å². The summed E-state index contributed by atoms with van der Waals surface area (Å²) >= 11 is 5.36. The van der Waals surface area contributed by atoms with Crippen LogP contribution in [0.15, 0.2) is 44.3 Å². The minimum atomic E-state index is -0.476. The van der Waals surface area contributed by atoms with Gasteiger partial charge in [-0.3, -0.25) is 0 Å². The molecule has 0 aliphatic heterocycles. The van der Waals surface area contributed by atoms with Gasteiger partial charge in [-0.1, -0.05) is 12.1 Å². The molecule has 6 nitrogen and oxygen atoms in total. The number of carbonyl (C=O) groups excluding carboxylic acids is 1. The van der Waals surface area contributed by atoms with E-state index in [1.165, 1.54) is 13.3 Å². The average Bonchev–Trinajstić information content (AvgIpc) is 2.78. The topological polar surface area (TPSA) is 75.9 Å². The molecule has 2 rings (SSSR count). The minimum Gasteiger partial charge on any atom is -0.495 e. The molecule has 2 amide bonds. The predicted octanol–water partition coefficient (Wildman–Crippen LogP) is 3.81. The Morgan fingerprint density at radius 1 is 1.48 bits per heavy atom. The van der Waals surface area contributed by atoms with Gasteiger partial charge in [-0.15, -0.1) is 0 Å². The highest BCUT2D eigenvalue weighted by molar-refractivity contribution is 14.1. The number of urea groups is 1. The van der Waals surface area contributed by atoms with Crippen molar-refractivity contribution in [1.29, 1.82) is 0 Å². The van der Waals surface area contributed by atoms with Gasteiger partial charge in [0, 0.05) is 28.7 Å². The lowest BCUT2D eigenvalue weighted by Crippen LogP contribution is -2.24. The Labute approximate surface area is 143 Å². The van der Waals surface area contributed by atoms with Crippen molar-refractivity contribution in [2.24, 2.45) is 5.10 Å². The molecule has 0 fully saturated rings. The summed E-state index contributed by atoms with van der Waals surface area (Å²) in [5, 5.41) is 6.44. The third-order valence-corrected chi connectivity index (χ3v) is 4.51. The smallest absolute Gasteiger partial charge is 0.339 e. The molecule has 0 radical (unpaired) electrons. The summed E-state index contributed by atoms with van der Waals surface area (Å²) in [5.74, 6) is 1.10. The van der Waals surface area contributed by atoms with E-state index in [-0.39, 0.29) is 0 Å². The zero-order valence-electron chi connectivity index (χ0n) is 10.9. The standard InChI is InChI=1S/C13H11BrIN3O3/c1-20-11-5-3-2-4-10(11)17-13(19)18-16-7-8-6-9(14)12(15)21-8/h2-7H,1H3,(H2,17,18,19)/b16-7+. The quantitative estimate of drug-likeness (QED) is 0.411. The summed E-state index contributed by atoms with van der Waals surface area (Å²) < 4.78 is 12.0. The van der Waals surface area contributed by atoms with Crippen LogP contribution in [0.2, 0.25) is 0 Å². The van der Waals surface area contributed by atoms with E-state index in [9.17, 15) is 4.79 Å². The van der Waals surface area contributed by atoms with Crippen molar-refractivity contribution >= 4 is 56.5 Å². The summed E-state index contributed by atoms with van der Waals surface area (Å²) in [6, 6.07) is 8.37. The van der Waals surface area contributed by atoms with Crippen molar-refractivity contribution in [2.45, 2.75) is 0 Å². The monoisotopic (exact) mass is 463 g/mol. The molecule has 0 saturated heterocycles. The number of anilines is 1. The predicted molar refractivity (Wildman–Crippen MR) is 91.9 cm³/mol. The molecular weight excluding hydrogens is 453 g/mol. The summed E-state index contributed by atoms with van der Waals surface area (Å²) in [6.07, 6.45) is 1.41. The van der Waals surface area contributed by atoms with E-state index in [2.05, 4.69) is 31.8 Å². The number of nitrogens with zero attached hydrogens (tertiary/aromatic N) is 1. The molecule has 1 aromatic carbocycles. The molecule has 0 spiro atoms. The van der Waals surface area contributed by atoms with Crippen LogP contribution >= 0.6 is 38.5 Å². The van der Waals surface area contributed by atoms with Gasteiger partial charge < -0.3 is 14.5 Å². The number of ether oxygens (including phenoxy) is 1. The summed E-state index contributed by atoms with van der Waals surface area (Å²) in [6.45, 7) is 0. The fourth-order valence-electron chi connectivity index (χ4n) is 1.48. The highest BCUT2D eigenvalue weighted by Gasteiger charge is 2.06. The number of nitrogens with one attached hydrogen (secondary N) is 2. The van der Waals surface area contributed by atoms with Crippen LogP contribution in [0, 0.1) is 3.77 Å². The Morgan fingerprint density at radius 2 is 2.24 bits per heavy atom. The third kappa shape index (κ3) is 4.46. The van der Waals surface area contributed by atoms with Crippen LogP contribution in [-0.4, -0.2) is 19.4 Å². The van der Waals surface area contributed by atoms with Crippen molar-refractivity contribution in [2.75, 3.05) is 12.4 Å². The first-order valence-electron chi connectivity index (χ1n) is 5.78. The largest absolute Gasteiger partial charge is 0.495 e. The van der Waals surface area contributed by atoms with Crippen LogP contribution in [-0.2, 0) is 0 Å². The van der Waals surface area contributed by atoms with Gasteiger partial charge in [0.15, 0.2) is 3.77 Å². The second kappa shape index (κ2) is 7.46. The van der Waals surface area contributed by atoms with Crippen molar-refractivity contribution in [1.82, 2.24) is 5.43 Å². The molecule has 0 bridgehead atoms. The zero-order valence-corrected chi connectivity index (χ0v) is 14.6. The molecule has 0 aliphatic rings. The molecule has 110 valence electrons. The second-order valence-electron chi connectivity index (χ2n) is 3.79. The van der Waals surface area contributed by atoms with Crippen molar-refractivity contribution in [3.63, 3.8) is 0 Å². The minimum absolute atomic E-state index is 0.476. The fraction of sp³-hybridized carbons (Fsp3) is 0.0769. The molecule has 2 aromatic rings. The van der Waals surface area contributed by atoms with Crippen LogP contribution < -0.4 is 15.5 Å². The van der Waals surface area contributed by atoms with Crippen LogP contribution in [0.4, 0.5) is 10.5 Å². The molecule has 0 saturated carbocycles. The summed E-state index contributed by atoms with van der Waals surface area (Å²) in [5.41, 5.74) is 2.90. The molecule has 0 unspecified atom stereocenters. The summed E-state index contributed by atoms with van der Waals surface area (Å²) in [7, 11) is 1.53. The highest BCUT2D eigenvalue weighted by Crippen LogP contribution is 2.23. The van der Waals surface area contributed by atoms with E-state index < -0.39 is 6.03 Å². The maximum Gasteiger partial charge on any atom is 0.339 e. The average molecular weight is 464 g/mol. The lowest BCUT2D eigenvalue weighted by Gasteiger charge is -2.08. The molecule has 0 atom stereocenters. The first-order chi connectivity index (χ1) is 10.1. The number of carbonyl (C=O) groups is 1. The Kier molecular flexibility index (Phi) is 5.62. The molecule has 2 N–H and O–H groups in total. The molecule has 1 heterocycles. The normalized spacial score (nSPS) is 10.6. The maximum atomic E-state index is 11.7. The lowest BCUT2D eigenvalue weighted by molar-refractivity contribution is 0.252. The van der Waals surface area contributed by atoms with Crippen molar-refractivity contribution < 1.29 is 13.9 Å². The van der Waals surface area contributed by atoms with Gasteiger partial charge in [-0.05, 0) is 28.1 Å². The first kappa shape index (κ1) is 15.8. The van der Waals surface area contributed by atoms with Crippen molar-refractivity contribution in [3.8, 4) is 5.75 Å². The number of para-hydroxylation sites is 2. The number of hydrogen-bond acceptors (Lipinski definition) is 4. The first-order valence-corrected chi connectivity index (χ1v) is 7.65. The highest BCUT2D eigenvalue weighted by atomic mass is 127. The molecule has 21 heavy (non-hydrogen) atoms. The Hall–Kier alpha value is -1.55. The van der Waals surface area contributed by atoms with Gasteiger partial charge in [-0.2, -0.15) is 5.10 Å². The summed E-state index contributed by atoms with van der Waals surface area (Å²) in [4.78, 5) is 11.7. The maximum absolute atomic E-state index is 11.7. The lowest BCUT2D eigenvalue weighted by atomic mass is 10.3. The van der Waals surface area contributed by atoms with Crippen LogP contribution in [0.3, 0.4) is 0 Å². The van der Waals surface area contributed by atoms with Crippen molar-refractivity contribution in [3.05, 3.63) is 44.3 Å². The van der Waals surface area contributed by atoms with Crippen LogP contribution in [0.1, 0.15) is 5.76 Å². The number of amides is 2. The molecule has 0 aliphatic carbocycles. The SMILES string of the molecule is COc1ccccc1NC(=O)N/N=C/c1cc(Br)c(I)o1. The van der Waals surface area contributed by atoms with Gasteiger partial charge in [0.05, 0.1) is 23.5 Å². The number of halogens is 2. The number of hydrazone groups is 1. The molecular formula is C13H11BrIN3O3. The van der Waals surface area contributed by atoms with Gasteiger partial charge in [0.1, 0.15) is 11.5 Å². The Bertz CT molecular complexity index is 653. The van der Waals surface area contributed by atoms with Gasteiger partial charge >= 0.3 is 6.03 Å². The van der Waals surface area contributed by atoms with Crippen LogP contribution in [0.5, 0.6) is 5.75 Å². The molecule has 1 aromatic heterocycles. The van der Waals surface area contributed by atoms with Gasteiger partial charge in [0.25, 0.3) is 0 Å². The van der Waals surface area contributed by atoms with E-state index in [4.69, 9.17) is 9.15 Å². The van der Waals surface area contributed by atoms with E-state index in [0.717, 1.165) is 4.47 Å². The van der Waals surface area contributed by atoms with E-state index >= 15 is 0 Å². The number of furan rings is 1. The van der Waals surface area contributed by atoms with E-state index in [0.29, 0.717) is 21.0 Å². The second-order valence-corrected chi connectivity index (χ2v) is 5.63. The Morgan fingerprint density at radius 3 is 2.90 bits per heavy atom.